The van der Waals surface area contributed by atoms with Gasteiger partial charge in [-0.15, -0.1) is 0 Å². The molecule has 5 nitrogen and oxygen atoms in total. The number of para-hydroxylation sites is 1. The van der Waals surface area contributed by atoms with Crippen LogP contribution in [0.4, 0.5) is 5.69 Å². The number of ether oxygens (including phenoxy) is 1. The Hall–Kier alpha value is -3.60. The number of likely N-dealkylation sites (N-methyl/N-ethyl adjacent to an activating group) is 1. The van der Waals surface area contributed by atoms with E-state index in [2.05, 4.69) is 0 Å². The summed E-state index contributed by atoms with van der Waals surface area (Å²) in [5.74, 6) is 0.760. The van der Waals surface area contributed by atoms with Gasteiger partial charge in [0.15, 0.2) is 0 Å². The summed E-state index contributed by atoms with van der Waals surface area (Å²) in [6.45, 7) is 0.252. The topological polar surface area (TPSA) is 45.1 Å². The van der Waals surface area contributed by atoms with E-state index in [0.29, 0.717) is 6.42 Å². The first-order chi connectivity index (χ1) is 14.7. The van der Waals surface area contributed by atoms with Gasteiger partial charge in [-0.25, -0.2) is 5.01 Å². The summed E-state index contributed by atoms with van der Waals surface area (Å²) in [4.78, 5) is 15.2. The van der Waals surface area contributed by atoms with Crippen LogP contribution in [0.25, 0.3) is 0 Å². The summed E-state index contributed by atoms with van der Waals surface area (Å²) >= 11 is 0. The number of rotatable bonds is 6. The number of carbonyl (C=O) groups excluding carboxylic acids is 1. The van der Waals surface area contributed by atoms with E-state index in [9.17, 15) is 4.79 Å². The van der Waals surface area contributed by atoms with Gasteiger partial charge in [0.2, 0.25) is 0 Å². The summed E-state index contributed by atoms with van der Waals surface area (Å²) in [6.07, 6.45) is 0.678. The number of methoxy groups -OCH3 is 1. The first-order valence-corrected chi connectivity index (χ1v) is 10.0. The number of hydrogen-bond acceptors (Lipinski definition) is 4. The Labute approximate surface area is 177 Å². The van der Waals surface area contributed by atoms with Gasteiger partial charge in [0, 0.05) is 19.2 Å². The van der Waals surface area contributed by atoms with Crippen molar-refractivity contribution in [1.29, 1.82) is 0 Å². The van der Waals surface area contributed by atoms with Crippen molar-refractivity contribution in [3.05, 3.63) is 96.1 Å². The Morgan fingerprint density at radius 3 is 2.27 bits per heavy atom. The number of anilines is 1. The van der Waals surface area contributed by atoms with Crippen LogP contribution in [0.15, 0.2) is 90.0 Å². The molecule has 5 heteroatoms. The first kappa shape index (κ1) is 19.7. The summed E-state index contributed by atoms with van der Waals surface area (Å²) in [5, 5.41) is 6.39. The highest BCUT2D eigenvalue weighted by molar-refractivity contribution is 6.03. The van der Waals surface area contributed by atoms with E-state index >= 15 is 0 Å². The number of hydrazone groups is 1. The third-order valence-corrected chi connectivity index (χ3v) is 5.34. The second-order valence-electron chi connectivity index (χ2n) is 7.34. The average molecular weight is 399 g/mol. The summed E-state index contributed by atoms with van der Waals surface area (Å²) in [7, 11) is 3.57. The molecule has 0 aromatic heterocycles. The molecule has 3 aromatic carbocycles. The van der Waals surface area contributed by atoms with Gasteiger partial charge >= 0.3 is 0 Å². The lowest BCUT2D eigenvalue weighted by Crippen LogP contribution is -2.36. The van der Waals surface area contributed by atoms with Crippen molar-refractivity contribution in [3.63, 3.8) is 0 Å². The molecule has 3 aromatic rings. The van der Waals surface area contributed by atoms with Crippen molar-refractivity contribution >= 4 is 17.3 Å². The highest BCUT2D eigenvalue weighted by Gasteiger charge is 2.33. The molecule has 152 valence electrons. The smallest absolute Gasteiger partial charge is 0.262 e. The Bertz CT molecular complexity index is 1020. The van der Waals surface area contributed by atoms with Crippen molar-refractivity contribution in [2.75, 3.05) is 25.6 Å². The SMILES string of the molecule is COc1ccc(C2CC(c3ccccc3)=NN2C(=O)CN(C)c2ccccc2)cc1. The van der Waals surface area contributed by atoms with E-state index in [-0.39, 0.29) is 18.5 Å². The zero-order valence-electron chi connectivity index (χ0n) is 17.2. The maximum absolute atomic E-state index is 13.3. The van der Waals surface area contributed by atoms with Gasteiger partial charge in [0.1, 0.15) is 5.75 Å². The molecule has 1 heterocycles. The summed E-state index contributed by atoms with van der Waals surface area (Å²) in [5.41, 5.74) is 4.01. The summed E-state index contributed by atoms with van der Waals surface area (Å²) in [6, 6.07) is 27.7. The van der Waals surface area contributed by atoms with Crippen molar-refractivity contribution in [3.8, 4) is 5.75 Å². The second-order valence-corrected chi connectivity index (χ2v) is 7.34. The molecular formula is C25H25N3O2. The molecule has 1 atom stereocenters. The number of carbonyl (C=O) groups is 1. The molecule has 0 saturated heterocycles. The van der Waals surface area contributed by atoms with Crippen LogP contribution in [0.5, 0.6) is 5.75 Å². The molecule has 0 saturated carbocycles. The van der Waals surface area contributed by atoms with E-state index in [1.165, 1.54) is 0 Å². The summed E-state index contributed by atoms with van der Waals surface area (Å²) < 4.78 is 5.28. The number of amides is 1. The van der Waals surface area contributed by atoms with Crippen LogP contribution in [-0.2, 0) is 4.79 Å². The van der Waals surface area contributed by atoms with E-state index in [1.54, 1.807) is 12.1 Å². The Morgan fingerprint density at radius 2 is 1.63 bits per heavy atom. The predicted octanol–water partition coefficient (Wildman–Crippen LogP) is 4.51. The lowest BCUT2D eigenvalue weighted by Gasteiger charge is -2.25. The van der Waals surface area contributed by atoms with Crippen LogP contribution in [0, 0.1) is 0 Å². The van der Waals surface area contributed by atoms with Gasteiger partial charge in [-0.05, 0) is 35.4 Å². The lowest BCUT2D eigenvalue weighted by molar-refractivity contribution is -0.131. The highest BCUT2D eigenvalue weighted by atomic mass is 16.5. The van der Waals surface area contributed by atoms with E-state index in [4.69, 9.17) is 9.84 Å². The number of benzene rings is 3. The van der Waals surface area contributed by atoms with Crippen LogP contribution in [0.1, 0.15) is 23.6 Å². The standard InChI is InChI=1S/C25H25N3O2/c1-27(21-11-7-4-8-12-21)18-25(29)28-24(20-13-15-22(30-2)16-14-20)17-23(26-28)19-9-5-3-6-10-19/h3-16,24H,17-18H2,1-2H3. The van der Waals surface area contributed by atoms with Gasteiger partial charge in [0.05, 0.1) is 25.4 Å². The average Bonchev–Trinajstić information content (AvgIpc) is 3.26. The zero-order valence-corrected chi connectivity index (χ0v) is 17.2. The predicted molar refractivity (Wildman–Crippen MR) is 120 cm³/mol. The molecule has 4 rings (SSSR count). The lowest BCUT2D eigenvalue weighted by atomic mass is 9.98. The monoisotopic (exact) mass is 399 g/mol. The molecule has 0 N–H and O–H groups in total. The van der Waals surface area contributed by atoms with Gasteiger partial charge in [-0.1, -0.05) is 60.7 Å². The second kappa shape index (κ2) is 8.82. The van der Waals surface area contributed by atoms with Crippen molar-refractivity contribution in [2.45, 2.75) is 12.5 Å². The minimum absolute atomic E-state index is 0.0342. The Kier molecular flexibility index (Phi) is 5.80. The molecule has 0 spiro atoms. The molecule has 0 fully saturated rings. The fourth-order valence-corrected chi connectivity index (χ4v) is 3.68. The van der Waals surface area contributed by atoms with E-state index in [1.807, 2.05) is 96.9 Å². The minimum Gasteiger partial charge on any atom is -0.497 e. The van der Waals surface area contributed by atoms with Crippen molar-refractivity contribution < 1.29 is 9.53 Å². The Balaban J connectivity index is 1.60. The highest BCUT2D eigenvalue weighted by Crippen LogP contribution is 2.33. The quantitative estimate of drug-likeness (QED) is 0.613. The molecular weight excluding hydrogens is 374 g/mol. The molecule has 1 amide bonds. The van der Waals surface area contributed by atoms with E-state index in [0.717, 1.165) is 28.3 Å². The molecule has 0 radical (unpaired) electrons. The normalized spacial score (nSPS) is 15.6. The van der Waals surface area contributed by atoms with Crippen molar-refractivity contribution in [2.24, 2.45) is 5.10 Å². The maximum atomic E-state index is 13.3. The van der Waals surface area contributed by atoms with Crippen LogP contribution in [0.2, 0.25) is 0 Å². The Morgan fingerprint density at radius 1 is 1.00 bits per heavy atom. The van der Waals surface area contributed by atoms with Gasteiger partial charge in [-0.2, -0.15) is 5.10 Å². The molecule has 1 aliphatic rings. The van der Waals surface area contributed by atoms with Crippen molar-refractivity contribution in [1.82, 2.24) is 5.01 Å². The van der Waals surface area contributed by atoms with Crippen LogP contribution < -0.4 is 9.64 Å². The number of hydrogen-bond donors (Lipinski definition) is 0. The molecule has 30 heavy (non-hydrogen) atoms. The maximum Gasteiger partial charge on any atom is 0.262 e. The van der Waals surface area contributed by atoms with Gasteiger partial charge < -0.3 is 9.64 Å². The zero-order chi connectivity index (χ0) is 20.9. The van der Waals surface area contributed by atoms with Crippen LogP contribution >= 0.6 is 0 Å². The molecule has 1 unspecified atom stereocenters. The number of nitrogens with zero attached hydrogens (tertiary/aromatic N) is 3. The minimum atomic E-state index is -0.136. The molecule has 1 aliphatic heterocycles. The third-order valence-electron chi connectivity index (χ3n) is 5.34. The first-order valence-electron chi connectivity index (χ1n) is 10.0. The van der Waals surface area contributed by atoms with Crippen LogP contribution in [0.3, 0.4) is 0 Å². The third kappa shape index (κ3) is 4.20. The van der Waals surface area contributed by atoms with E-state index < -0.39 is 0 Å². The van der Waals surface area contributed by atoms with Gasteiger partial charge in [-0.3, -0.25) is 4.79 Å². The fourth-order valence-electron chi connectivity index (χ4n) is 3.68. The van der Waals surface area contributed by atoms with Gasteiger partial charge in [0.25, 0.3) is 5.91 Å². The largest absolute Gasteiger partial charge is 0.497 e. The molecule has 0 aliphatic carbocycles. The molecule has 0 bridgehead atoms. The van der Waals surface area contributed by atoms with Crippen LogP contribution in [-0.4, -0.2) is 37.3 Å². The fraction of sp³-hybridized carbons (Fsp3) is 0.200.